The quantitative estimate of drug-likeness (QED) is 0.940. The summed E-state index contributed by atoms with van der Waals surface area (Å²) in [5.41, 5.74) is 8.38. The van der Waals surface area contributed by atoms with Gasteiger partial charge in [0.1, 0.15) is 5.75 Å². The van der Waals surface area contributed by atoms with Crippen LogP contribution in [0.3, 0.4) is 0 Å². The molecule has 0 saturated carbocycles. The van der Waals surface area contributed by atoms with Gasteiger partial charge in [-0.15, -0.1) is 0 Å². The van der Waals surface area contributed by atoms with Crippen LogP contribution in [0, 0.1) is 0 Å². The Bertz CT molecular complexity index is 470. The van der Waals surface area contributed by atoms with Gasteiger partial charge in [0, 0.05) is 0 Å². The highest BCUT2D eigenvalue weighted by Gasteiger charge is 2.11. The summed E-state index contributed by atoms with van der Waals surface area (Å²) in [7, 11) is 1.65. The maximum Gasteiger partial charge on any atom is 0.133 e. The summed E-state index contributed by atoms with van der Waals surface area (Å²) in [4.78, 5) is 0. The molecule has 0 spiro atoms. The van der Waals surface area contributed by atoms with Crippen LogP contribution in [0.4, 0.5) is 0 Å². The maximum absolute atomic E-state index is 6.17. The highest BCUT2D eigenvalue weighted by Crippen LogP contribution is 2.30. The summed E-state index contributed by atoms with van der Waals surface area (Å²) in [5, 5.41) is 4.11. The minimum Gasteiger partial charge on any atom is -0.496 e. The number of rotatable bonds is 3. The Hall–Kier alpha value is -0.840. The normalized spacial score (nSPS) is 12.4. The molecule has 4 heteroatoms. The van der Waals surface area contributed by atoms with Gasteiger partial charge in [0.2, 0.25) is 0 Å². The Morgan fingerprint density at radius 3 is 2.69 bits per heavy atom. The van der Waals surface area contributed by atoms with E-state index in [0.717, 1.165) is 21.3 Å². The largest absolute Gasteiger partial charge is 0.496 e. The Labute approximate surface area is 107 Å². The van der Waals surface area contributed by atoms with Gasteiger partial charge in [-0.25, -0.2) is 0 Å². The van der Waals surface area contributed by atoms with Crippen molar-refractivity contribution in [2.75, 3.05) is 7.11 Å². The molecule has 0 aliphatic rings. The van der Waals surface area contributed by atoms with Gasteiger partial charge in [0.15, 0.2) is 0 Å². The first-order valence-electron chi connectivity index (χ1n) is 4.83. The van der Waals surface area contributed by atoms with Crippen molar-refractivity contribution in [1.29, 1.82) is 0 Å². The second kappa shape index (κ2) is 4.99. The van der Waals surface area contributed by atoms with Crippen molar-refractivity contribution in [2.24, 2.45) is 5.73 Å². The number of halogens is 1. The van der Waals surface area contributed by atoms with E-state index in [9.17, 15) is 0 Å². The molecule has 16 heavy (non-hydrogen) atoms. The first-order chi connectivity index (χ1) is 7.72. The molecule has 0 amide bonds. The molecule has 2 aromatic rings. The summed E-state index contributed by atoms with van der Waals surface area (Å²) in [6.07, 6.45) is 0. The second-order valence-corrected chi connectivity index (χ2v) is 5.06. The molecule has 0 saturated heterocycles. The molecule has 0 bridgehead atoms. The molecule has 2 nitrogen and oxygen atoms in total. The third kappa shape index (κ3) is 2.29. The second-order valence-electron chi connectivity index (χ2n) is 3.43. The Morgan fingerprint density at radius 1 is 1.31 bits per heavy atom. The van der Waals surface area contributed by atoms with Gasteiger partial charge >= 0.3 is 0 Å². The smallest absolute Gasteiger partial charge is 0.133 e. The third-order valence-corrected chi connectivity index (χ3v) is 3.76. The van der Waals surface area contributed by atoms with Crippen molar-refractivity contribution in [1.82, 2.24) is 0 Å². The van der Waals surface area contributed by atoms with E-state index in [1.165, 1.54) is 0 Å². The molecule has 0 aliphatic carbocycles. The van der Waals surface area contributed by atoms with Crippen LogP contribution < -0.4 is 10.5 Å². The van der Waals surface area contributed by atoms with Crippen LogP contribution in [-0.2, 0) is 0 Å². The van der Waals surface area contributed by atoms with E-state index in [-0.39, 0.29) is 6.04 Å². The number of methoxy groups -OCH3 is 1. The number of nitrogens with two attached hydrogens (primary N) is 1. The molecular weight excluding hydrogens is 286 g/mol. The lowest BCUT2D eigenvalue weighted by molar-refractivity contribution is 0.412. The molecule has 1 heterocycles. The van der Waals surface area contributed by atoms with E-state index < -0.39 is 0 Å². The monoisotopic (exact) mass is 297 g/mol. The lowest BCUT2D eigenvalue weighted by atomic mass is 10.0. The Kier molecular flexibility index (Phi) is 3.63. The molecule has 2 rings (SSSR count). The predicted octanol–water partition coefficient (Wildman–Crippen LogP) is 3.57. The zero-order valence-corrected chi connectivity index (χ0v) is 11.2. The van der Waals surface area contributed by atoms with Crippen LogP contribution in [-0.4, -0.2) is 7.11 Å². The number of ether oxygens (including phenoxy) is 1. The van der Waals surface area contributed by atoms with Gasteiger partial charge in [-0.1, -0.05) is 6.07 Å². The van der Waals surface area contributed by atoms with E-state index in [4.69, 9.17) is 10.5 Å². The van der Waals surface area contributed by atoms with Crippen molar-refractivity contribution in [3.8, 4) is 5.75 Å². The number of thiophene rings is 1. The minimum atomic E-state index is -0.0755. The summed E-state index contributed by atoms with van der Waals surface area (Å²) in [5.74, 6) is 0.821. The zero-order chi connectivity index (χ0) is 11.5. The van der Waals surface area contributed by atoms with Gasteiger partial charge in [-0.3, -0.25) is 0 Å². The van der Waals surface area contributed by atoms with Gasteiger partial charge in [0.05, 0.1) is 17.6 Å². The summed E-state index contributed by atoms with van der Waals surface area (Å²) < 4.78 is 6.11. The molecule has 1 atom stereocenters. The van der Waals surface area contributed by atoms with E-state index in [2.05, 4.69) is 21.3 Å². The first kappa shape index (κ1) is 11.6. The molecule has 2 N–H and O–H groups in total. The molecule has 0 aliphatic heterocycles. The van der Waals surface area contributed by atoms with Gasteiger partial charge in [0.25, 0.3) is 0 Å². The predicted molar refractivity (Wildman–Crippen MR) is 71.0 cm³/mol. The highest BCUT2D eigenvalue weighted by atomic mass is 79.9. The fourth-order valence-corrected chi connectivity index (χ4v) is 2.78. The van der Waals surface area contributed by atoms with E-state index in [1.54, 1.807) is 18.4 Å². The minimum absolute atomic E-state index is 0.0755. The molecule has 0 radical (unpaired) electrons. The molecule has 84 valence electrons. The van der Waals surface area contributed by atoms with Crippen LogP contribution >= 0.6 is 27.3 Å². The van der Waals surface area contributed by atoms with Crippen molar-refractivity contribution >= 4 is 27.3 Å². The van der Waals surface area contributed by atoms with Crippen molar-refractivity contribution < 1.29 is 4.74 Å². The average molecular weight is 298 g/mol. The standard InChI is InChI=1S/C12H12BrNOS/c1-15-11-3-2-8(6-10(11)13)12(14)9-4-5-16-7-9/h2-7,12H,14H2,1H3. The number of hydrogen-bond acceptors (Lipinski definition) is 3. The number of benzene rings is 1. The van der Waals surface area contributed by atoms with Gasteiger partial charge in [-0.05, 0) is 56.0 Å². The number of hydrogen-bond donors (Lipinski definition) is 1. The SMILES string of the molecule is COc1ccc(C(N)c2ccsc2)cc1Br. The van der Waals surface area contributed by atoms with Crippen LogP contribution in [0.25, 0.3) is 0 Å². The van der Waals surface area contributed by atoms with Gasteiger partial charge in [-0.2, -0.15) is 11.3 Å². The average Bonchev–Trinajstić information content (AvgIpc) is 2.81. The third-order valence-electron chi connectivity index (χ3n) is 2.44. The van der Waals surface area contributed by atoms with E-state index in [0.29, 0.717) is 0 Å². The fraction of sp³-hybridized carbons (Fsp3) is 0.167. The van der Waals surface area contributed by atoms with Crippen LogP contribution in [0.1, 0.15) is 17.2 Å². The highest BCUT2D eigenvalue weighted by molar-refractivity contribution is 9.10. The van der Waals surface area contributed by atoms with Crippen LogP contribution in [0.2, 0.25) is 0 Å². The van der Waals surface area contributed by atoms with Crippen molar-refractivity contribution in [2.45, 2.75) is 6.04 Å². The summed E-state index contributed by atoms with van der Waals surface area (Å²) >= 11 is 5.12. The van der Waals surface area contributed by atoms with E-state index in [1.807, 2.05) is 29.6 Å². The Balaban J connectivity index is 2.31. The molecule has 1 aromatic carbocycles. The van der Waals surface area contributed by atoms with Gasteiger partial charge < -0.3 is 10.5 Å². The van der Waals surface area contributed by atoms with E-state index >= 15 is 0 Å². The summed E-state index contributed by atoms with van der Waals surface area (Å²) in [6, 6.07) is 7.89. The lowest BCUT2D eigenvalue weighted by Gasteiger charge is -2.12. The lowest BCUT2D eigenvalue weighted by Crippen LogP contribution is -2.10. The van der Waals surface area contributed by atoms with Crippen LogP contribution in [0.15, 0.2) is 39.5 Å². The molecule has 0 fully saturated rings. The molecular formula is C12H12BrNOS. The van der Waals surface area contributed by atoms with Crippen molar-refractivity contribution in [3.63, 3.8) is 0 Å². The molecule has 1 unspecified atom stereocenters. The topological polar surface area (TPSA) is 35.2 Å². The maximum atomic E-state index is 6.17. The Morgan fingerprint density at radius 2 is 2.12 bits per heavy atom. The molecule has 1 aromatic heterocycles. The van der Waals surface area contributed by atoms with Crippen LogP contribution in [0.5, 0.6) is 5.75 Å². The summed E-state index contributed by atoms with van der Waals surface area (Å²) in [6.45, 7) is 0. The zero-order valence-electron chi connectivity index (χ0n) is 8.81. The fourth-order valence-electron chi connectivity index (χ4n) is 1.52. The first-order valence-corrected chi connectivity index (χ1v) is 6.57. The van der Waals surface area contributed by atoms with Crippen molar-refractivity contribution in [3.05, 3.63) is 50.6 Å².